The smallest absolute Gasteiger partial charge is 0.251 e. The Kier molecular flexibility index (Phi) is 5.44. The van der Waals surface area contributed by atoms with Crippen LogP contribution < -0.4 is 14.8 Å². The average Bonchev–Trinajstić information content (AvgIpc) is 2.59. The van der Waals surface area contributed by atoms with Gasteiger partial charge in [0.2, 0.25) is 0 Å². The predicted molar refractivity (Wildman–Crippen MR) is 91.3 cm³/mol. The van der Waals surface area contributed by atoms with E-state index in [0.717, 1.165) is 5.56 Å². The van der Waals surface area contributed by atoms with Gasteiger partial charge in [0.1, 0.15) is 17.3 Å². The molecule has 0 unspecified atom stereocenters. The van der Waals surface area contributed by atoms with Gasteiger partial charge in [-0.05, 0) is 29.8 Å². The van der Waals surface area contributed by atoms with Crippen molar-refractivity contribution in [2.75, 3.05) is 20.8 Å². The maximum atomic E-state index is 13.1. The standard InChI is InChI=1S/C19H22FNO3/c1-19(2,14-5-7-15(20)8-6-14)12-21-18(22)13-9-16(23-3)11-17(10-13)24-4/h5-11H,12H2,1-4H3,(H,21,22). The van der Waals surface area contributed by atoms with Crippen molar-refractivity contribution in [2.45, 2.75) is 19.3 Å². The molecular formula is C19H22FNO3. The number of amides is 1. The third-order valence-corrected chi connectivity index (χ3v) is 3.93. The molecule has 0 aliphatic carbocycles. The van der Waals surface area contributed by atoms with Crippen molar-refractivity contribution in [3.8, 4) is 11.5 Å². The highest BCUT2D eigenvalue weighted by Crippen LogP contribution is 2.24. The number of ether oxygens (including phenoxy) is 2. The second-order valence-electron chi connectivity index (χ2n) is 6.17. The third-order valence-electron chi connectivity index (χ3n) is 3.93. The van der Waals surface area contributed by atoms with Gasteiger partial charge >= 0.3 is 0 Å². The molecule has 2 aromatic rings. The van der Waals surface area contributed by atoms with Crippen LogP contribution in [0.5, 0.6) is 11.5 Å². The van der Waals surface area contributed by atoms with Gasteiger partial charge in [0.25, 0.3) is 5.91 Å². The summed E-state index contributed by atoms with van der Waals surface area (Å²) in [7, 11) is 3.07. The van der Waals surface area contributed by atoms with Crippen molar-refractivity contribution < 1.29 is 18.7 Å². The van der Waals surface area contributed by atoms with Crippen LogP contribution in [0.25, 0.3) is 0 Å². The Morgan fingerprint density at radius 3 is 2.08 bits per heavy atom. The van der Waals surface area contributed by atoms with Crippen molar-refractivity contribution in [1.82, 2.24) is 5.32 Å². The fourth-order valence-electron chi connectivity index (χ4n) is 2.34. The number of benzene rings is 2. The fourth-order valence-corrected chi connectivity index (χ4v) is 2.34. The van der Waals surface area contributed by atoms with Crippen molar-refractivity contribution in [3.05, 3.63) is 59.4 Å². The molecule has 0 saturated heterocycles. The van der Waals surface area contributed by atoms with Crippen molar-refractivity contribution in [2.24, 2.45) is 0 Å². The first-order valence-corrected chi connectivity index (χ1v) is 7.63. The summed E-state index contributed by atoms with van der Waals surface area (Å²) < 4.78 is 23.4. The van der Waals surface area contributed by atoms with Gasteiger partial charge in [0.05, 0.1) is 14.2 Å². The van der Waals surface area contributed by atoms with Crippen LogP contribution in [-0.2, 0) is 5.41 Å². The molecule has 2 rings (SSSR count). The molecule has 0 heterocycles. The molecule has 0 aromatic heterocycles. The van der Waals surface area contributed by atoms with E-state index >= 15 is 0 Å². The molecule has 1 amide bonds. The lowest BCUT2D eigenvalue weighted by molar-refractivity contribution is 0.0945. The molecule has 2 aromatic carbocycles. The molecule has 0 bridgehead atoms. The minimum Gasteiger partial charge on any atom is -0.497 e. The van der Waals surface area contributed by atoms with Crippen molar-refractivity contribution >= 4 is 5.91 Å². The Bertz CT molecular complexity index is 689. The number of methoxy groups -OCH3 is 2. The van der Waals surface area contributed by atoms with E-state index in [2.05, 4.69) is 5.32 Å². The Morgan fingerprint density at radius 1 is 1.04 bits per heavy atom. The van der Waals surface area contributed by atoms with Crippen LogP contribution in [-0.4, -0.2) is 26.7 Å². The number of rotatable bonds is 6. The minimum absolute atomic E-state index is 0.220. The second kappa shape index (κ2) is 7.34. The highest BCUT2D eigenvalue weighted by atomic mass is 19.1. The largest absolute Gasteiger partial charge is 0.497 e. The summed E-state index contributed by atoms with van der Waals surface area (Å²) in [5.74, 6) is 0.610. The van der Waals surface area contributed by atoms with Gasteiger partial charge in [-0.1, -0.05) is 26.0 Å². The van der Waals surface area contributed by atoms with Gasteiger partial charge in [0.15, 0.2) is 0 Å². The number of nitrogens with one attached hydrogen (secondary N) is 1. The van der Waals surface area contributed by atoms with E-state index in [-0.39, 0.29) is 17.1 Å². The third kappa shape index (κ3) is 4.25. The van der Waals surface area contributed by atoms with Gasteiger partial charge in [-0.2, -0.15) is 0 Å². The first-order valence-electron chi connectivity index (χ1n) is 7.63. The van der Waals surface area contributed by atoms with E-state index in [1.807, 2.05) is 13.8 Å². The summed E-state index contributed by atoms with van der Waals surface area (Å²) in [6, 6.07) is 11.3. The van der Waals surface area contributed by atoms with E-state index in [4.69, 9.17) is 9.47 Å². The SMILES string of the molecule is COc1cc(OC)cc(C(=O)NCC(C)(C)c2ccc(F)cc2)c1. The maximum absolute atomic E-state index is 13.1. The van der Waals surface area contributed by atoms with Crippen LogP contribution in [0.15, 0.2) is 42.5 Å². The van der Waals surface area contributed by atoms with E-state index in [1.54, 1.807) is 30.3 Å². The molecule has 5 heteroatoms. The molecule has 0 fully saturated rings. The van der Waals surface area contributed by atoms with Crippen molar-refractivity contribution in [3.63, 3.8) is 0 Å². The minimum atomic E-state index is -0.327. The quantitative estimate of drug-likeness (QED) is 0.880. The molecule has 1 N–H and O–H groups in total. The maximum Gasteiger partial charge on any atom is 0.251 e. The Morgan fingerprint density at radius 2 is 1.58 bits per heavy atom. The highest BCUT2D eigenvalue weighted by Gasteiger charge is 2.22. The Hall–Kier alpha value is -2.56. The second-order valence-corrected chi connectivity index (χ2v) is 6.17. The molecule has 0 aliphatic rings. The molecule has 0 saturated carbocycles. The number of hydrogen-bond acceptors (Lipinski definition) is 3. The lowest BCUT2D eigenvalue weighted by atomic mass is 9.84. The summed E-state index contributed by atoms with van der Waals surface area (Å²) in [4.78, 5) is 12.4. The molecule has 24 heavy (non-hydrogen) atoms. The first kappa shape index (κ1) is 17.8. The summed E-state index contributed by atoms with van der Waals surface area (Å²) in [6.45, 7) is 4.40. The number of hydrogen-bond donors (Lipinski definition) is 1. The van der Waals surface area contributed by atoms with Crippen molar-refractivity contribution in [1.29, 1.82) is 0 Å². The molecule has 128 valence electrons. The van der Waals surface area contributed by atoms with Crippen LogP contribution in [0.2, 0.25) is 0 Å². The lowest BCUT2D eigenvalue weighted by Crippen LogP contribution is -2.36. The molecule has 4 nitrogen and oxygen atoms in total. The average molecular weight is 331 g/mol. The lowest BCUT2D eigenvalue weighted by Gasteiger charge is -2.25. The van der Waals surface area contributed by atoms with Crippen LogP contribution in [0.4, 0.5) is 4.39 Å². The van der Waals surface area contributed by atoms with E-state index in [0.29, 0.717) is 23.6 Å². The van der Waals surface area contributed by atoms with E-state index in [1.165, 1.54) is 26.4 Å². The number of halogens is 1. The van der Waals surface area contributed by atoms with Gasteiger partial charge in [-0.25, -0.2) is 4.39 Å². The van der Waals surface area contributed by atoms with Gasteiger partial charge in [-0.15, -0.1) is 0 Å². The topological polar surface area (TPSA) is 47.6 Å². The number of carbonyl (C=O) groups is 1. The molecule has 0 aliphatic heterocycles. The Labute approximate surface area is 141 Å². The molecular weight excluding hydrogens is 309 g/mol. The number of carbonyl (C=O) groups excluding carboxylic acids is 1. The summed E-state index contributed by atoms with van der Waals surface area (Å²) >= 11 is 0. The van der Waals surface area contributed by atoms with Gasteiger partial charge in [0, 0.05) is 23.6 Å². The molecule has 0 atom stereocenters. The van der Waals surface area contributed by atoms with E-state index in [9.17, 15) is 9.18 Å². The zero-order valence-electron chi connectivity index (χ0n) is 14.4. The molecule has 0 spiro atoms. The Balaban J connectivity index is 2.11. The van der Waals surface area contributed by atoms with E-state index < -0.39 is 0 Å². The normalized spacial score (nSPS) is 11.0. The van der Waals surface area contributed by atoms with Crippen LogP contribution in [0, 0.1) is 5.82 Å². The fraction of sp³-hybridized carbons (Fsp3) is 0.316. The summed E-state index contributed by atoms with van der Waals surface area (Å²) in [5, 5.41) is 2.91. The van der Waals surface area contributed by atoms with Crippen LogP contribution in [0.3, 0.4) is 0 Å². The summed E-state index contributed by atoms with van der Waals surface area (Å²) in [6.07, 6.45) is 0. The molecule has 0 radical (unpaired) electrons. The predicted octanol–water partition coefficient (Wildman–Crippen LogP) is 3.55. The first-order chi connectivity index (χ1) is 11.4. The zero-order chi connectivity index (χ0) is 17.7. The van der Waals surface area contributed by atoms with Gasteiger partial charge in [-0.3, -0.25) is 4.79 Å². The monoisotopic (exact) mass is 331 g/mol. The van der Waals surface area contributed by atoms with Crippen LogP contribution >= 0.6 is 0 Å². The van der Waals surface area contributed by atoms with Crippen LogP contribution in [0.1, 0.15) is 29.8 Å². The van der Waals surface area contributed by atoms with Gasteiger partial charge < -0.3 is 14.8 Å². The summed E-state index contributed by atoms with van der Waals surface area (Å²) in [5.41, 5.74) is 1.08. The highest BCUT2D eigenvalue weighted by molar-refractivity contribution is 5.95. The zero-order valence-corrected chi connectivity index (χ0v) is 14.4.